The molecular weight excluding hydrogens is 260 g/mol. The Bertz CT molecular complexity index is 297. The summed E-state index contributed by atoms with van der Waals surface area (Å²) in [5.74, 6) is -1.01. The third-order valence-electron chi connectivity index (χ3n) is 3.13. The van der Waals surface area contributed by atoms with E-state index in [0.717, 1.165) is 18.6 Å². The summed E-state index contributed by atoms with van der Waals surface area (Å²) in [5, 5.41) is 17.9. The molecule has 2 N–H and O–H groups in total. The molecular formula is C11H18O4S2. The molecule has 0 aromatic carbocycles. The summed E-state index contributed by atoms with van der Waals surface area (Å²) in [7, 11) is 0. The van der Waals surface area contributed by atoms with Gasteiger partial charge in [-0.1, -0.05) is 13.8 Å². The molecule has 1 rings (SSSR count). The van der Waals surface area contributed by atoms with Crippen LogP contribution in [0.4, 0.5) is 0 Å². The van der Waals surface area contributed by atoms with Crippen molar-refractivity contribution < 1.29 is 19.8 Å². The number of carboxylic acids is 2. The van der Waals surface area contributed by atoms with Crippen molar-refractivity contribution in [3.8, 4) is 0 Å². The number of rotatable bonds is 6. The number of hydrogen-bond acceptors (Lipinski definition) is 4. The van der Waals surface area contributed by atoms with E-state index >= 15 is 0 Å². The maximum atomic E-state index is 10.9. The predicted molar refractivity (Wildman–Crippen MR) is 70.6 cm³/mol. The van der Waals surface area contributed by atoms with E-state index in [1.165, 1.54) is 11.8 Å². The van der Waals surface area contributed by atoms with Gasteiger partial charge in [-0.2, -0.15) is 0 Å². The first kappa shape index (κ1) is 14.7. The van der Waals surface area contributed by atoms with E-state index in [0.29, 0.717) is 0 Å². The van der Waals surface area contributed by atoms with Crippen molar-refractivity contribution in [2.75, 3.05) is 5.75 Å². The van der Waals surface area contributed by atoms with Crippen LogP contribution in [0.2, 0.25) is 0 Å². The Morgan fingerprint density at radius 3 is 1.88 bits per heavy atom. The summed E-state index contributed by atoms with van der Waals surface area (Å²) in [5.41, 5.74) is 0. The molecule has 0 bridgehead atoms. The molecule has 4 nitrogen and oxygen atoms in total. The van der Waals surface area contributed by atoms with Crippen molar-refractivity contribution in [3.63, 3.8) is 0 Å². The predicted octanol–water partition coefficient (Wildman–Crippen LogP) is 2.67. The standard InChI is InChI=1S/C11H18O4S2/c1-3-10(4-2)7-16-11(17-10,5-8(12)13)6-9(14)15/h3-7H2,1-2H3,(H,12,13)(H,14,15). The van der Waals surface area contributed by atoms with E-state index in [1.807, 2.05) is 0 Å². The van der Waals surface area contributed by atoms with Gasteiger partial charge in [0.2, 0.25) is 0 Å². The van der Waals surface area contributed by atoms with Crippen LogP contribution < -0.4 is 0 Å². The van der Waals surface area contributed by atoms with Gasteiger partial charge in [0.15, 0.2) is 0 Å². The number of carbonyl (C=O) groups is 2. The van der Waals surface area contributed by atoms with Crippen LogP contribution in [0.3, 0.4) is 0 Å². The van der Waals surface area contributed by atoms with Crippen molar-refractivity contribution in [1.29, 1.82) is 0 Å². The van der Waals surface area contributed by atoms with Crippen LogP contribution >= 0.6 is 23.5 Å². The maximum absolute atomic E-state index is 10.9. The second-order valence-electron chi connectivity index (χ2n) is 4.33. The lowest BCUT2D eigenvalue weighted by atomic mass is 10.1. The molecule has 6 heteroatoms. The molecule has 1 saturated heterocycles. The van der Waals surface area contributed by atoms with Gasteiger partial charge in [0, 0.05) is 10.5 Å². The maximum Gasteiger partial charge on any atom is 0.305 e. The van der Waals surface area contributed by atoms with Crippen LogP contribution in [0, 0.1) is 0 Å². The van der Waals surface area contributed by atoms with Gasteiger partial charge in [-0.15, -0.1) is 23.5 Å². The van der Waals surface area contributed by atoms with Crippen LogP contribution in [0.15, 0.2) is 0 Å². The zero-order valence-electron chi connectivity index (χ0n) is 10.1. The van der Waals surface area contributed by atoms with E-state index in [9.17, 15) is 9.59 Å². The fourth-order valence-electron chi connectivity index (χ4n) is 2.01. The fraction of sp³-hybridized carbons (Fsp3) is 0.818. The van der Waals surface area contributed by atoms with E-state index in [2.05, 4.69) is 13.8 Å². The minimum Gasteiger partial charge on any atom is -0.481 e. The number of carboxylic acid groups (broad SMARTS) is 2. The van der Waals surface area contributed by atoms with Gasteiger partial charge >= 0.3 is 11.9 Å². The minimum atomic E-state index is -0.922. The molecule has 0 spiro atoms. The van der Waals surface area contributed by atoms with Crippen molar-refractivity contribution >= 4 is 35.5 Å². The van der Waals surface area contributed by atoms with Crippen molar-refractivity contribution in [3.05, 3.63) is 0 Å². The molecule has 1 heterocycles. The second kappa shape index (κ2) is 5.52. The summed E-state index contributed by atoms with van der Waals surface area (Å²) < 4.78 is -0.654. The highest BCUT2D eigenvalue weighted by molar-refractivity contribution is 8.22. The van der Waals surface area contributed by atoms with Crippen LogP contribution in [0.5, 0.6) is 0 Å². The van der Waals surface area contributed by atoms with E-state index in [1.54, 1.807) is 11.8 Å². The van der Waals surface area contributed by atoms with E-state index < -0.39 is 16.0 Å². The van der Waals surface area contributed by atoms with Gasteiger partial charge < -0.3 is 10.2 Å². The molecule has 0 amide bonds. The Morgan fingerprint density at radius 1 is 1.12 bits per heavy atom. The Balaban J connectivity index is 2.87. The van der Waals surface area contributed by atoms with Crippen LogP contribution in [0.25, 0.3) is 0 Å². The molecule has 0 radical (unpaired) electrons. The highest BCUT2D eigenvalue weighted by atomic mass is 32.2. The zero-order valence-corrected chi connectivity index (χ0v) is 11.7. The van der Waals surface area contributed by atoms with Crippen LogP contribution in [-0.4, -0.2) is 36.7 Å². The lowest BCUT2D eigenvalue weighted by Crippen LogP contribution is -2.29. The lowest BCUT2D eigenvalue weighted by Gasteiger charge is -2.29. The molecule has 0 unspecified atom stereocenters. The van der Waals surface area contributed by atoms with E-state index in [4.69, 9.17) is 10.2 Å². The highest BCUT2D eigenvalue weighted by Gasteiger charge is 2.50. The average Bonchev–Trinajstić information content (AvgIpc) is 2.56. The molecule has 1 fully saturated rings. The molecule has 1 aliphatic heterocycles. The Labute approximate surface area is 110 Å². The first-order valence-electron chi connectivity index (χ1n) is 5.65. The molecule has 17 heavy (non-hydrogen) atoms. The summed E-state index contributed by atoms with van der Waals surface area (Å²) in [4.78, 5) is 21.8. The summed E-state index contributed by atoms with van der Waals surface area (Å²) in [6.07, 6.45) is 1.72. The Kier molecular flexibility index (Phi) is 4.77. The van der Waals surface area contributed by atoms with Gasteiger partial charge in [-0.05, 0) is 12.8 Å². The molecule has 0 aromatic rings. The largest absolute Gasteiger partial charge is 0.481 e. The number of aliphatic carboxylic acids is 2. The number of hydrogen-bond donors (Lipinski definition) is 2. The number of thioether (sulfide) groups is 2. The fourth-order valence-corrected chi connectivity index (χ4v) is 6.22. The van der Waals surface area contributed by atoms with Crippen molar-refractivity contribution in [2.45, 2.75) is 48.4 Å². The highest BCUT2D eigenvalue weighted by Crippen LogP contribution is 2.59. The Morgan fingerprint density at radius 2 is 1.59 bits per heavy atom. The van der Waals surface area contributed by atoms with Gasteiger partial charge in [0.25, 0.3) is 0 Å². The van der Waals surface area contributed by atoms with Gasteiger partial charge in [-0.3, -0.25) is 9.59 Å². The third kappa shape index (κ3) is 3.55. The van der Waals surface area contributed by atoms with Crippen LogP contribution in [-0.2, 0) is 9.59 Å². The SMILES string of the molecule is CCC1(CC)CSC(CC(=O)O)(CC(=O)O)S1. The molecule has 98 valence electrons. The Hall–Kier alpha value is -0.360. The third-order valence-corrected chi connectivity index (χ3v) is 7.24. The van der Waals surface area contributed by atoms with Gasteiger partial charge in [0.1, 0.15) is 0 Å². The van der Waals surface area contributed by atoms with E-state index in [-0.39, 0.29) is 17.6 Å². The van der Waals surface area contributed by atoms with Gasteiger partial charge in [0.05, 0.1) is 16.9 Å². The summed E-state index contributed by atoms with van der Waals surface area (Å²) in [6, 6.07) is 0. The normalized spacial score (nSPS) is 21.3. The summed E-state index contributed by atoms with van der Waals surface area (Å²) in [6.45, 7) is 4.16. The smallest absolute Gasteiger partial charge is 0.305 e. The molecule has 0 aliphatic carbocycles. The first-order chi connectivity index (χ1) is 7.87. The quantitative estimate of drug-likeness (QED) is 0.778. The van der Waals surface area contributed by atoms with Crippen molar-refractivity contribution in [1.82, 2.24) is 0 Å². The molecule has 1 aliphatic rings. The first-order valence-corrected chi connectivity index (χ1v) is 7.45. The molecule has 0 atom stereocenters. The second-order valence-corrected chi connectivity index (χ2v) is 7.80. The molecule has 0 saturated carbocycles. The average molecular weight is 278 g/mol. The van der Waals surface area contributed by atoms with Crippen LogP contribution in [0.1, 0.15) is 39.5 Å². The topological polar surface area (TPSA) is 74.6 Å². The minimum absolute atomic E-state index is 0.0373. The molecule has 0 aromatic heterocycles. The summed E-state index contributed by atoms with van der Waals surface area (Å²) >= 11 is 3.07. The monoisotopic (exact) mass is 278 g/mol. The zero-order chi connectivity index (χ0) is 13.1. The van der Waals surface area contributed by atoms with Crippen molar-refractivity contribution in [2.24, 2.45) is 0 Å². The lowest BCUT2D eigenvalue weighted by molar-refractivity contribution is -0.138. The van der Waals surface area contributed by atoms with Gasteiger partial charge in [-0.25, -0.2) is 0 Å².